The van der Waals surface area contributed by atoms with Crippen LogP contribution in [0.15, 0.2) is 12.1 Å². The molecule has 0 spiro atoms. The van der Waals surface area contributed by atoms with Crippen molar-refractivity contribution >= 4 is 17.5 Å². The fraction of sp³-hybridized carbons (Fsp3) is 0.533. The van der Waals surface area contributed by atoms with Crippen LogP contribution in [0.2, 0.25) is 5.02 Å². The number of fused-ring (bicyclic) bond motifs is 1. The smallest absolute Gasteiger partial charge is 0.239 e. The van der Waals surface area contributed by atoms with Gasteiger partial charge in [-0.2, -0.15) is 0 Å². The molecule has 0 bridgehead atoms. The van der Waals surface area contributed by atoms with Crippen molar-refractivity contribution in [1.29, 1.82) is 0 Å². The zero-order chi connectivity index (χ0) is 16.2. The van der Waals surface area contributed by atoms with Gasteiger partial charge in [-0.1, -0.05) is 11.6 Å². The summed E-state index contributed by atoms with van der Waals surface area (Å²) in [7, 11) is 0. The predicted molar refractivity (Wildman–Crippen MR) is 83.0 cm³/mol. The first-order chi connectivity index (χ1) is 11.1. The number of benzene rings is 1. The van der Waals surface area contributed by atoms with Crippen LogP contribution in [-0.4, -0.2) is 56.6 Å². The molecule has 2 heterocycles. The van der Waals surface area contributed by atoms with Crippen LogP contribution in [0.4, 0.5) is 0 Å². The number of amides is 1. The molecule has 2 atom stereocenters. The molecule has 0 aliphatic carbocycles. The molecule has 2 aliphatic heterocycles. The van der Waals surface area contributed by atoms with Crippen molar-refractivity contribution in [2.75, 3.05) is 39.5 Å². The number of nitrogens with one attached hydrogen (secondary N) is 2. The molecule has 2 aliphatic rings. The van der Waals surface area contributed by atoms with Gasteiger partial charge in [0.15, 0.2) is 11.5 Å². The molecule has 1 saturated heterocycles. The summed E-state index contributed by atoms with van der Waals surface area (Å²) in [4.78, 5) is 12.0. The maximum Gasteiger partial charge on any atom is 0.239 e. The fourth-order valence-electron chi connectivity index (χ4n) is 2.50. The SMILES string of the molecule is O=C(NCC(O)c1cc(Cl)c2c(c1)OCCO2)C1COCCN1. The average molecular weight is 343 g/mol. The number of carbonyl (C=O) groups excluding carboxylic acids is 1. The second-order valence-electron chi connectivity index (χ2n) is 5.37. The Kier molecular flexibility index (Phi) is 5.22. The highest BCUT2D eigenvalue weighted by molar-refractivity contribution is 6.32. The Hall–Kier alpha value is -1.54. The van der Waals surface area contributed by atoms with Gasteiger partial charge in [0.05, 0.1) is 24.3 Å². The molecule has 0 radical (unpaired) electrons. The standard InChI is InChI=1S/C15H19ClN2O5/c16-10-5-9(6-13-14(10)23-4-3-22-13)12(19)7-18-15(20)11-8-21-2-1-17-11/h5-6,11-12,17,19H,1-4,7-8H2,(H,18,20). The van der Waals surface area contributed by atoms with Gasteiger partial charge in [0.1, 0.15) is 19.3 Å². The Bertz CT molecular complexity index is 577. The van der Waals surface area contributed by atoms with Crippen molar-refractivity contribution in [1.82, 2.24) is 10.6 Å². The highest BCUT2D eigenvalue weighted by Gasteiger charge is 2.23. The number of aliphatic hydroxyl groups is 1. The molecule has 8 heteroatoms. The molecule has 3 N–H and O–H groups in total. The summed E-state index contributed by atoms with van der Waals surface area (Å²) in [5, 5.41) is 16.4. The minimum absolute atomic E-state index is 0.0764. The number of halogens is 1. The summed E-state index contributed by atoms with van der Waals surface area (Å²) >= 11 is 6.15. The lowest BCUT2D eigenvalue weighted by Crippen LogP contribution is -2.51. The number of aliphatic hydroxyl groups excluding tert-OH is 1. The first kappa shape index (κ1) is 16.3. The number of hydrogen-bond acceptors (Lipinski definition) is 6. The largest absolute Gasteiger partial charge is 0.486 e. The van der Waals surface area contributed by atoms with Gasteiger partial charge in [0, 0.05) is 13.1 Å². The molecule has 0 saturated carbocycles. The molecule has 23 heavy (non-hydrogen) atoms. The third kappa shape index (κ3) is 3.87. The first-order valence-corrected chi connectivity index (χ1v) is 7.89. The summed E-state index contributed by atoms with van der Waals surface area (Å²) in [5.41, 5.74) is 0.562. The van der Waals surface area contributed by atoms with Gasteiger partial charge >= 0.3 is 0 Å². The molecule has 1 aromatic rings. The van der Waals surface area contributed by atoms with Gasteiger partial charge < -0.3 is 30.0 Å². The van der Waals surface area contributed by atoms with Crippen LogP contribution in [-0.2, 0) is 9.53 Å². The Morgan fingerprint density at radius 3 is 3.00 bits per heavy atom. The van der Waals surface area contributed by atoms with Crippen molar-refractivity contribution in [3.63, 3.8) is 0 Å². The molecule has 3 rings (SSSR count). The molecular weight excluding hydrogens is 324 g/mol. The van der Waals surface area contributed by atoms with Crippen molar-refractivity contribution in [2.45, 2.75) is 12.1 Å². The number of rotatable bonds is 4. The van der Waals surface area contributed by atoms with E-state index in [9.17, 15) is 9.90 Å². The summed E-state index contributed by atoms with van der Waals surface area (Å²) < 4.78 is 16.2. The van der Waals surface area contributed by atoms with E-state index in [0.29, 0.717) is 55.1 Å². The summed E-state index contributed by atoms with van der Waals surface area (Å²) in [6.07, 6.45) is -0.892. The van der Waals surface area contributed by atoms with E-state index < -0.39 is 6.10 Å². The van der Waals surface area contributed by atoms with E-state index in [1.165, 1.54) is 0 Å². The molecule has 126 valence electrons. The third-order valence-electron chi connectivity index (χ3n) is 3.71. The summed E-state index contributed by atoms with van der Waals surface area (Å²) in [5.74, 6) is 0.792. The third-order valence-corrected chi connectivity index (χ3v) is 3.99. The van der Waals surface area contributed by atoms with E-state index in [1.807, 2.05) is 0 Å². The van der Waals surface area contributed by atoms with Gasteiger partial charge in [-0.15, -0.1) is 0 Å². The molecular formula is C15H19ClN2O5. The second kappa shape index (κ2) is 7.35. The van der Waals surface area contributed by atoms with Crippen molar-refractivity contribution < 1.29 is 24.1 Å². The van der Waals surface area contributed by atoms with Gasteiger partial charge in [-0.05, 0) is 17.7 Å². The van der Waals surface area contributed by atoms with Crippen LogP contribution in [0.1, 0.15) is 11.7 Å². The molecule has 1 aromatic carbocycles. The highest BCUT2D eigenvalue weighted by Crippen LogP contribution is 2.39. The van der Waals surface area contributed by atoms with Crippen LogP contribution in [0.25, 0.3) is 0 Å². The Labute approximate surface area is 138 Å². The van der Waals surface area contributed by atoms with Crippen molar-refractivity contribution in [3.05, 3.63) is 22.7 Å². The summed E-state index contributed by atoms with van der Waals surface area (Å²) in [6, 6.07) is 2.91. The topological polar surface area (TPSA) is 89.1 Å². The molecule has 7 nitrogen and oxygen atoms in total. The van der Waals surface area contributed by atoms with Crippen LogP contribution in [0.3, 0.4) is 0 Å². The zero-order valence-corrected chi connectivity index (χ0v) is 13.3. The zero-order valence-electron chi connectivity index (χ0n) is 12.5. The van der Waals surface area contributed by atoms with Crippen LogP contribution in [0.5, 0.6) is 11.5 Å². The monoisotopic (exact) mass is 342 g/mol. The lowest BCUT2D eigenvalue weighted by Gasteiger charge is -2.24. The van der Waals surface area contributed by atoms with Crippen molar-refractivity contribution in [3.8, 4) is 11.5 Å². The minimum Gasteiger partial charge on any atom is -0.486 e. The van der Waals surface area contributed by atoms with Crippen LogP contribution < -0.4 is 20.1 Å². The Balaban J connectivity index is 1.60. The van der Waals surface area contributed by atoms with E-state index in [2.05, 4.69) is 10.6 Å². The quantitative estimate of drug-likeness (QED) is 0.727. The fourth-order valence-corrected chi connectivity index (χ4v) is 2.77. The number of ether oxygens (including phenoxy) is 3. The first-order valence-electron chi connectivity index (χ1n) is 7.51. The maximum absolute atomic E-state index is 12.0. The lowest BCUT2D eigenvalue weighted by molar-refractivity contribution is -0.126. The maximum atomic E-state index is 12.0. The normalized spacial score (nSPS) is 21.6. The van der Waals surface area contributed by atoms with Crippen molar-refractivity contribution in [2.24, 2.45) is 0 Å². The predicted octanol–water partition coefficient (Wildman–Crippen LogP) is 0.249. The van der Waals surface area contributed by atoms with Crippen LogP contribution in [0, 0.1) is 0 Å². The van der Waals surface area contributed by atoms with E-state index in [4.69, 9.17) is 25.8 Å². The van der Waals surface area contributed by atoms with Gasteiger partial charge in [-0.25, -0.2) is 0 Å². The lowest BCUT2D eigenvalue weighted by atomic mass is 10.1. The van der Waals surface area contributed by atoms with Gasteiger partial charge in [0.25, 0.3) is 0 Å². The molecule has 0 aromatic heterocycles. The summed E-state index contributed by atoms with van der Waals surface area (Å²) in [6.45, 7) is 2.53. The van der Waals surface area contributed by atoms with E-state index >= 15 is 0 Å². The van der Waals surface area contributed by atoms with Crippen LogP contribution >= 0.6 is 11.6 Å². The minimum atomic E-state index is -0.892. The van der Waals surface area contributed by atoms with E-state index in [1.54, 1.807) is 12.1 Å². The second-order valence-corrected chi connectivity index (χ2v) is 5.78. The van der Waals surface area contributed by atoms with Gasteiger partial charge in [0.2, 0.25) is 5.91 Å². The Morgan fingerprint density at radius 2 is 2.22 bits per heavy atom. The number of carbonyl (C=O) groups is 1. The average Bonchev–Trinajstić information content (AvgIpc) is 2.60. The number of hydrogen-bond donors (Lipinski definition) is 3. The van der Waals surface area contributed by atoms with E-state index in [0.717, 1.165) is 0 Å². The Morgan fingerprint density at radius 1 is 1.39 bits per heavy atom. The molecule has 2 unspecified atom stereocenters. The van der Waals surface area contributed by atoms with E-state index in [-0.39, 0.29) is 18.5 Å². The van der Waals surface area contributed by atoms with Gasteiger partial charge in [-0.3, -0.25) is 4.79 Å². The molecule has 1 amide bonds. The molecule has 1 fully saturated rings. The number of morpholine rings is 1. The highest BCUT2D eigenvalue weighted by atomic mass is 35.5.